The molecular formula is C16H23NO4. The third-order valence-electron chi connectivity index (χ3n) is 3.40. The van der Waals surface area contributed by atoms with E-state index in [0.717, 1.165) is 11.1 Å². The van der Waals surface area contributed by atoms with E-state index in [9.17, 15) is 9.59 Å². The number of aryl methyl sites for hydroxylation is 2. The van der Waals surface area contributed by atoms with E-state index in [1.54, 1.807) is 13.2 Å². The Kier molecular flexibility index (Phi) is 7.05. The van der Waals surface area contributed by atoms with Crippen LogP contribution < -0.4 is 5.32 Å². The number of rotatable bonds is 8. The minimum Gasteiger partial charge on any atom is -0.469 e. The first kappa shape index (κ1) is 17.3. The number of Topliss-reactive ketones (excluding diaryl/α,β-unsaturated/α-hetero) is 1. The molecule has 5 nitrogen and oxygen atoms in total. The summed E-state index contributed by atoms with van der Waals surface area (Å²) in [6.07, 6.45) is 0.00592. The van der Waals surface area contributed by atoms with Gasteiger partial charge in [-0.1, -0.05) is 12.1 Å². The molecule has 5 heteroatoms. The number of esters is 1. The van der Waals surface area contributed by atoms with E-state index in [-0.39, 0.29) is 12.2 Å². The van der Waals surface area contributed by atoms with Crippen LogP contribution in [-0.4, -0.2) is 45.2 Å². The molecule has 1 aromatic rings. The molecule has 0 spiro atoms. The van der Waals surface area contributed by atoms with E-state index >= 15 is 0 Å². The Morgan fingerprint density at radius 1 is 1.19 bits per heavy atom. The minimum atomic E-state index is -0.602. The van der Waals surface area contributed by atoms with Crippen molar-refractivity contribution in [1.29, 1.82) is 0 Å². The molecule has 0 fully saturated rings. The van der Waals surface area contributed by atoms with Gasteiger partial charge in [0.2, 0.25) is 0 Å². The highest BCUT2D eigenvalue weighted by Gasteiger charge is 2.23. The topological polar surface area (TPSA) is 64.6 Å². The number of nitrogens with one attached hydrogen (secondary N) is 1. The van der Waals surface area contributed by atoms with Crippen molar-refractivity contribution in [2.45, 2.75) is 26.3 Å². The molecule has 0 aliphatic heterocycles. The zero-order valence-corrected chi connectivity index (χ0v) is 13.1. The highest BCUT2D eigenvalue weighted by molar-refractivity contribution is 6.02. The van der Waals surface area contributed by atoms with E-state index in [1.807, 2.05) is 26.0 Å². The smallest absolute Gasteiger partial charge is 0.307 e. The standard InChI is InChI=1S/C16H23NO4/c1-11-5-6-13(9-12(11)2)16(19)14(10-15(18)21-4)17-7-8-20-3/h5-6,9,14,17H,7-8,10H2,1-4H3. The number of ether oxygens (including phenoxy) is 2. The number of hydrogen-bond donors (Lipinski definition) is 1. The first-order valence-corrected chi connectivity index (χ1v) is 6.90. The molecule has 116 valence electrons. The Labute approximate surface area is 125 Å². The van der Waals surface area contributed by atoms with Crippen molar-refractivity contribution < 1.29 is 19.1 Å². The summed E-state index contributed by atoms with van der Waals surface area (Å²) in [6.45, 7) is 4.92. The summed E-state index contributed by atoms with van der Waals surface area (Å²) in [5, 5.41) is 3.04. The zero-order chi connectivity index (χ0) is 15.8. The predicted octanol–water partition coefficient (Wildman–Crippen LogP) is 1.65. The van der Waals surface area contributed by atoms with Crippen LogP contribution in [0.3, 0.4) is 0 Å². The second kappa shape index (κ2) is 8.54. The normalized spacial score (nSPS) is 12.0. The lowest BCUT2D eigenvalue weighted by atomic mass is 9.98. The van der Waals surface area contributed by atoms with Crippen LogP contribution >= 0.6 is 0 Å². The van der Waals surface area contributed by atoms with Gasteiger partial charge in [0.25, 0.3) is 0 Å². The van der Waals surface area contributed by atoms with Gasteiger partial charge in [0.1, 0.15) is 0 Å². The molecule has 21 heavy (non-hydrogen) atoms. The van der Waals surface area contributed by atoms with Crippen molar-refractivity contribution in [3.8, 4) is 0 Å². The van der Waals surface area contributed by atoms with Crippen LogP contribution in [0.25, 0.3) is 0 Å². The van der Waals surface area contributed by atoms with Crippen LogP contribution in [0.15, 0.2) is 18.2 Å². The van der Waals surface area contributed by atoms with Crippen molar-refractivity contribution in [3.05, 3.63) is 34.9 Å². The zero-order valence-electron chi connectivity index (χ0n) is 13.1. The fourth-order valence-corrected chi connectivity index (χ4v) is 1.94. The van der Waals surface area contributed by atoms with Gasteiger partial charge in [-0.05, 0) is 31.0 Å². The van der Waals surface area contributed by atoms with Gasteiger partial charge in [0.15, 0.2) is 5.78 Å². The summed E-state index contributed by atoms with van der Waals surface area (Å²) in [6, 6.07) is 4.94. The van der Waals surface area contributed by atoms with Gasteiger partial charge < -0.3 is 14.8 Å². The number of hydrogen-bond acceptors (Lipinski definition) is 5. The lowest BCUT2D eigenvalue weighted by Crippen LogP contribution is -2.40. The maximum absolute atomic E-state index is 12.5. The van der Waals surface area contributed by atoms with Crippen molar-refractivity contribution in [2.24, 2.45) is 0 Å². The Morgan fingerprint density at radius 2 is 1.90 bits per heavy atom. The summed E-state index contributed by atoms with van der Waals surface area (Å²) < 4.78 is 9.61. The van der Waals surface area contributed by atoms with Crippen LogP contribution in [0.4, 0.5) is 0 Å². The second-order valence-electron chi connectivity index (χ2n) is 4.94. The quantitative estimate of drug-likeness (QED) is 0.448. The monoisotopic (exact) mass is 293 g/mol. The average Bonchev–Trinajstić information content (AvgIpc) is 2.48. The molecule has 0 aromatic heterocycles. The van der Waals surface area contributed by atoms with Gasteiger partial charge in [-0.25, -0.2) is 0 Å². The van der Waals surface area contributed by atoms with E-state index in [4.69, 9.17) is 4.74 Å². The van der Waals surface area contributed by atoms with Crippen LogP contribution in [0, 0.1) is 13.8 Å². The molecule has 0 heterocycles. The number of ketones is 1. The Morgan fingerprint density at radius 3 is 2.48 bits per heavy atom. The Bertz CT molecular complexity index is 499. The highest BCUT2D eigenvalue weighted by atomic mass is 16.5. The predicted molar refractivity (Wildman–Crippen MR) is 80.5 cm³/mol. The number of methoxy groups -OCH3 is 2. The van der Waals surface area contributed by atoms with Gasteiger partial charge in [0, 0.05) is 19.2 Å². The molecule has 1 aromatic carbocycles. The SMILES string of the molecule is COCCNC(CC(=O)OC)C(=O)c1ccc(C)c(C)c1. The van der Waals surface area contributed by atoms with E-state index < -0.39 is 12.0 Å². The third kappa shape index (κ3) is 5.28. The van der Waals surface area contributed by atoms with Crippen molar-refractivity contribution in [1.82, 2.24) is 5.32 Å². The molecule has 1 unspecified atom stereocenters. The van der Waals surface area contributed by atoms with Gasteiger partial charge in [-0.3, -0.25) is 9.59 Å². The summed E-state index contributed by atoms with van der Waals surface area (Å²) >= 11 is 0. The molecule has 0 amide bonds. The lowest BCUT2D eigenvalue weighted by molar-refractivity contribution is -0.141. The minimum absolute atomic E-state index is 0.00592. The maximum Gasteiger partial charge on any atom is 0.307 e. The lowest BCUT2D eigenvalue weighted by Gasteiger charge is -2.17. The van der Waals surface area contributed by atoms with Crippen LogP contribution in [-0.2, 0) is 14.3 Å². The van der Waals surface area contributed by atoms with Gasteiger partial charge >= 0.3 is 5.97 Å². The molecular weight excluding hydrogens is 270 g/mol. The van der Waals surface area contributed by atoms with Crippen LogP contribution in [0.5, 0.6) is 0 Å². The van der Waals surface area contributed by atoms with Crippen LogP contribution in [0.1, 0.15) is 27.9 Å². The molecule has 1 atom stereocenters. The Balaban J connectivity index is 2.86. The van der Waals surface area contributed by atoms with Crippen LogP contribution in [0.2, 0.25) is 0 Å². The van der Waals surface area contributed by atoms with Gasteiger partial charge in [-0.15, -0.1) is 0 Å². The van der Waals surface area contributed by atoms with E-state index in [1.165, 1.54) is 7.11 Å². The van der Waals surface area contributed by atoms with E-state index in [0.29, 0.717) is 18.7 Å². The molecule has 1 N–H and O–H groups in total. The van der Waals surface area contributed by atoms with Crippen molar-refractivity contribution in [2.75, 3.05) is 27.4 Å². The molecule has 1 rings (SSSR count). The maximum atomic E-state index is 12.5. The molecule has 0 saturated carbocycles. The number of benzene rings is 1. The molecule has 0 bridgehead atoms. The van der Waals surface area contributed by atoms with E-state index in [2.05, 4.69) is 10.1 Å². The summed E-state index contributed by atoms with van der Waals surface area (Å²) in [5.41, 5.74) is 2.77. The largest absolute Gasteiger partial charge is 0.469 e. The first-order valence-electron chi connectivity index (χ1n) is 6.90. The first-order chi connectivity index (χ1) is 9.99. The van der Waals surface area contributed by atoms with Crippen molar-refractivity contribution >= 4 is 11.8 Å². The number of carbonyl (C=O) groups is 2. The average molecular weight is 293 g/mol. The molecule has 0 aliphatic rings. The Hall–Kier alpha value is -1.72. The third-order valence-corrected chi connectivity index (χ3v) is 3.40. The van der Waals surface area contributed by atoms with Crippen molar-refractivity contribution in [3.63, 3.8) is 0 Å². The van der Waals surface area contributed by atoms with Gasteiger partial charge in [-0.2, -0.15) is 0 Å². The van der Waals surface area contributed by atoms with Gasteiger partial charge in [0.05, 0.1) is 26.2 Å². The summed E-state index contributed by atoms with van der Waals surface area (Å²) in [7, 11) is 2.90. The fraction of sp³-hybridized carbons (Fsp3) is 0.500. The highest BCUT2D eigenvalue weighted by Crippen LogP contribution is 2.13. The molecule has 0 saturated heterocycles. The fourth-order valence-electron chi connectivity index (χ4n) is 1.94. The number of carbonyl (C=O) groups excluding carboxylic acids is 2. The summed E-state index contributed by atoms with van der Waals surface area (Å²) in [4.78, 5) is 24.0. The molecule has 0 radical (unpaired) electrons. The second-order valence-corrected chi connectivity index (χ2v) is 4.94. The summed E-state index contributed by atoms with van der Waals surface area (Å²) in [5.74, 6) is -0.526. The molecule has 0 aliphatic carbocycles.